The second-order valence-electron chi connectivity index (χ2n) is 9.43. The second kappa shape index (κ2) is 13.1. The minimum absolute atomic E-state index is 0.0139. The number of carbonyl (C=O) groups is 1. The number of ether oxygens (including phenoxy) is 1. The molecule has 2 heterocycles. The van der Waals surface area contributed by atoms with Crippen molar-refractivity contribution >= 4 is 28.2 Å². The van der Waals surface area contributed by atoms with E-state index in [9.17, 15) is 9.90 Å². The average Bonchev–Trinajstić information content (AvgIpc) is 2.89. The normalized spacial score (nSPS) is 14.5. The maximum Gasteiger partial charge on any atom is 0.318 e. The average molecular weight is 521 g/mol. The summed E-state index contributed by atoms with van der Waals surface area (Å²) in [5.74, 6) is 0.758. The van der Waals surface area contributed by atoms with Gasteiger partial charge < -0.3 is 30.3 Å². The molecule has 1 aliphatic rings. The van der Waals surface area contributed by atoms with E-state index >= 15 is 0 Å². The third-order valence-corrected chi connectivity index (χ3v) is 6.67. The van der Waals surface area contributed by atoms with Crippen molar-refractivity contribution in [2.75, 3.05) is 57.5 Å². The van der Waals surface area contributed by atoms with Gasteiger partial charge in [0.25, 0.3) is 0 Å². The molecule has 0 bridgehead atoms. The van der Waals surface area contributed by atoms with Gasteiger partial charge in [-0.05, 0) is 58.8 Å². The summed E-state index contributed by atoms with van der Waals surface area (Å²) in [6, 6.07) is 12.0. The lowest BCUT2D eigenvalue weighted by Gasteiger charge is -2.37. The van der Waals surface area contributed by atoms with E-state index in [2.05, 4.69) is 29.5 Å². The van der Waals surface area contributed by atoms with Gasteiger partial charge in [0.1, 0.15) is 18.2 Å². The summed E-state index contributed by atoms with van der Waals surface area (Å²) in [5, 5.41) is 12.4. The smallest absolute Gasteiger partial charge is 0.318 e. The molecule has 3 N–H and O–H groups in total. The maximum atomic E-state index is 10.8. The Morgan fingerprint density at radius 2 is 1.95 bits per heavy atom. The predicted octanol–water partition coefficient (Wildman–Crippen LogP) is 4.02. The first-order valence-electron chi connectivity index (χ1n) is 13.0. The van der Waals surface area contributed by atoms with Crippen LogP contribution in [0.2, 0.25) is 0 Å². The molecule has 38 heavy (non-hydrogen) atoms. The molecule has 0 radical (unpaired) electrons. The zero-order valence-electron chi connectivity index (χ0n) is 23.1. The van der Waals surface area contributed by atoms with Crippen LogP contribution in [0.4, 0.5) is 11.5 Å². The SMILES string of the molecule is C=CC(=O)N(CC)CC.CC1c2nc(OCCN(C)C)nc(N)c2CCN1c1cc(O)cc2ccccc12. The molecule has 1 unspecified atom stereocenters. The molecule has 1 aromatic heterocycles. The standard InChI is InChI=1S/C22H27N5O2.C7H13NO/c1-14-20-18(21(23)25-22(24-20)29-11-10-26(2)3)8-9-27(14)19-13-16(28)12-15-6-4-5-7-17(15)19;1-4-7(9)8(5-2)6-3/h4-7,12-14,28H,8-11H2,1-3H3,(H2,23,24,25);4H,1,5-6H2,2-3H3. The molecule has 3 aromatic rings. The molecule has 9 heteroatoms. The lowest BCUT2D eigenvalue weighted by Crippen LogP contribution is -2.35. The van der Waals surface area contributed by atoms with E-state index in [1.165, 1.54) is 6.08 Å². The third kappa shape index (κ3) is 6.72. The molecule has 0 saturated carbocycles. The van der Waals surface area contributed by atoms with Gasteiger partial charge in [-0.25, -0.2) is 0 Å². The minimum Gasteiger partial charge on any atom is -0.508 e. The monoisotopic (exact) mass is 520 g/mol. The van der Waals surface area contributed by atoms with E-state index in [0.717, 1.165) is 60.3 Å². The van der Waals surface area contributed by atoms with Crippen molar-refractivity contribution in [3.05, 3.63) is 60.3 Å². The molecule has 0 spiro atoms. The summed E-state index contributed by atoms with van der Waals surface area (Å²) in [7, 11) is 3.98. The predicted molar refractivity (Wildman–Crippen MR) is 154 cm³/mol. The van der Waals surface area contributed by atoms with Crippen LogP contribution < -0.4 is 15.4 Å². The lowest BCUT2D eigenvalue weighted by atomic mass is 9.97. The van der Waals surface area contributed by atoms with Crippen LogP contribution in [0.3, 0.4) is 0 Å². The zero-order valence-corrected chi connectivity index (χ0v) is 23.1. The second-order valence-corrected chi connectivity index (χ2v) is 9.43. The van der Waals surface area contributed by atoms with Crippen molar-refractivity contribution in [1.82, 2.24) is 19.8 Å². The zero-order chi connectivity index (χ0) is 27.8. The van der Waals surface area contributed by atoms with Crippen molar-refractivity contribution in [1.29, 1.82) is 0 Å². The van der Waals surface area contributed by atoms with E-state index in [-0.39, 0.29) is 17.7 Å². The fraction of sp³-hybridized carbons (Fsp3) is 0.414. The Morgan fingerprint density at radius 3 is 2.58 bits per heavy atom. The summed E-state index contributed by atoms with van der Waals surface area (Å²) in [6.07, 6.45) is 2.08. The Hall–Kier alpha value is -3.85. The van der Waals surface area contributed by atoms with Gasteiger partial charge in [0.15, 0.2) is 0 Å². The summed E-state index contributed by atoms with van der Waals surface area (Å²) in [6.45, 7) is 13.0. The van der Waals surface area contributed by atoms with Crippen LogP contribution in [-0.2, 0) is 11.2 Å². The number of amides is 1. The van der Waals surface area contributed by atoms with E-state index in [1.54, 1.807) is 11.0 Å². The minimum atomic E-state index is -0.0227. The topological polar surface area (TPSA) is 108 Å². The number of aromatic nitrogens is 2. The summed E-state index contributed by atoms with van der Waals surface area (Å²) >= 11 is 0. The molecule has 0 aliphatic carbocycles. The molecule has 0 saturated heterocycles. The first-order valence-corrected chi connectivity index (χ1v) is 13.0. The fourth-order valence-electron chi connectivity index (χ4n) is 4.56. The van der Waals surface area contributed by atoms with Crippen molar-refractivity contribution in [2.24, 2.45) is 0 Å². The first kappa shape index (κ1) is 28.7. The van der Waals surface area contributed by atoms with Crippen LogP contribution in [0.25, 0.3) is 10.8 Å². The van der Waals surface area contributed by atoms with Gasteiger partial charge in [0, 0.05) is 48.9 Å². The first-order chi connectivity index (χ1) is 18.2. The number of aromatic hydroxyl groups is 1. The van der Waals surface area contributed by atoms with Crippen molar-refractivity contribution in [2.45, 2.75) is 33.2 Å². The molecule has 0 fully saturated rings. The Balaban J connectivity index is 0.000000383. The highest BCUT2D eigenvalue weighted by atomic mass is 16.5. The number of hydrogen-bond donors (Lipinski definition) is 2. The Labute approximate surface area is 225 Å². The number of rotatable bonds is 8. The van der Waals surface area contributed by atoms with Gasteiger partial charge in [-0.1, -0.05) is 30.8 Å². The van der Waals surface area contributed by atoms with Crippen LogP contribution >= 0.6 is 0 Å². The number of anilines is 2. The highest BCUT2D eigenvalue weighted by molar-refractivity contribution is 5.96. The van der Waals surface area contributed by atoms with Crippen molar-refractivity contribution in [3.63, 3.8) is 0 Å². The van der Waals surface area contributed by atoms with Crippen LogP contribution in [0, 0.1) is 0 Å². The van der Waals surface area contributed by atoms with Gasteiger partial charge in [-0.15, -0.1) is 0 Å². The molecule has 4 rings (SSSR count). The number of benzene rings is 2. The summed E-state index contributed by atoms with van der Waals surface area (Å²) in [4.78, 5) is 25.8. The van der Waals surface area contributed by atoms with Crippen LogP contribution in [0.1, 0.15) is 38.1 Å². The largest absolute Gasteiger partial charge is 0.508 e. The molecule has 1 aliphatic heterocycles. The Bertz CT molecular complexity index is 1260. The molecular weight excluding hydrogens is 480 g/mol. The van der Waals surface area contributed by atoms with Gasteiger partial charge >= 0.3 is 6.01 Å². The summed E-state index contributed by atoms with van der Waals surface area (Å²) < 4.78 is 5.74. The van der Waals surface area contributed by atoms with E-state index in [0.29, 0.717) is 18.4 Å². The lowest BCUT2D eigenvalue weighted by molar-refractivity contribution is -0.125. The quantitative estimate of drug-likeness (QED) is 0.429. The molecule has 1 amide bonds. The summed E-state index contributed by atoms with van der Waals surface area (Å²) in [5.41, 5.74) is 9.10. The number of likely N-dealkylation sites (N-methyl/N-ethyl adjacent to an activating group) is 2. The molecule has 9 nitrogen and oxygen atoms in total. The molecule has 204 valence electrons. The highest BCUT2D eigenvalue weighted by Crippen LogP contribution is 2.39. The number of nitrogens with zero attached hydrogens (tertiary/aromatic N) is 5. The van der Waals surface area contributed by atoms with E-state index in [4.69, 9.17) is 15.5 Å². The van der Waals surface area contributed by atoms with Crippen molar-refractivity contribution < 1.29 is 14.6 Å². The Morgan fingerprint density at radius 1 is 1.24 bits per heavy atom. The number of phenolic OH excluding ortho intramolecular Hbond substituents is 1. The van der Waals surface area contributed by atoms with Crippen LogP contribution in [0.5, 0.6) is 11.8 Å². The number of phenols is 1. The molecule has 1 atom stereocenters. The number of hydrogen-bond acceptors (Lipinski definition) is 8. The molecule has 2 aromatic carbocycles. The van der Waals surface area contributed by atoms with Gasteiger partial charge in [-0.3, -0.25) is 4.79 Å². The van der Waals surface area contributed by atoms with Crippen LogP contribution in [-0.4, -0.2) is 77.7 Å². The highest BCUT2D eigenvalue weighted by Gasteiger charge is 2.29. The third-order valence-electron chi connectivity index (χ3n) is 6.67. The van der Waals surface area contributed by atoms with Crippen LogP contribution in [0.15, 0.2) is 49.1 Å². The van der Waals surface area contributed by atoms with Gasteiger partial charge in [0.2, 0.25) is 5.91 Å². The molecular formula is C29H40N6O3. The Kier molecular flexibility index (Phi) is 9.90. The van der Waals surface area contributed by atoms with Gasteiger partial charge in [-0.2, -0.15) is 9.97 Å². The number of nitrogen functional groups attached to an aromatic ring is 1. The number of fused-ring (bicyclic) bond motifs is 2. The van der Waals surface area contributed by atoms with Crippen molar-refractivity contribution in [3.8, 4) is 11.8 Å². The van der Waals surface area contributed by atoms with E-state index in [1.807, 2.05) is 57.1 Å². The number of carbonyl (C=O) groups excluding carboxylic acids is 1. The van der Waals surface area contributed by atoms with E-state index < -0.39 is 0 Å². The number of nitrogens with two attached hydrogens (primary N) is 1. The maximum absolute atomic E-state index is 10.8. The fourth-order valence-corrected chi connectivity index (χ4v) is 4.56. The van der Waals surface area contributed by atoms with Gasteiger partial charge in [0.05, 0.1) is 11.7 Å².